The third kappa shape index (κ3) is 14.0. The largest absolute Gasteiger partial charge is 0.475 e. The zero-order valence-electron chi connectivity index (χ0n) is 34.5. The smallest absolute Gasteiger partial charge is 0.371 e. The Bertz CT molecular complexity index is 1720. The number of carbonyl (C=O) groups is 4. The Balaban J connectivity index is 0.000000263. The topological polar surface area (TPSA) is 506 Å². The summed E-state index contributed by atoms with van der Waals surface area (Å²) in [7, 11) is 0. The molecular formula is C36H54O30. The van der Waals surface area contributed by atoms with Crippen LogP contribution in [0.3, 0.4) is 0 Å². The lowest BCUT2D eigenvalue weighted by molar-refractivity contribution is -0.328. The Morgan fingerprint density at radius 3 is 1.30 bits per heavy atom. The maximum Gasteiger partial charge on any atom is 0.371 e. The highest BCUT2D eigenvalue weighted by Crippen LogP contribution is 2.30. The highest BCUT2D eigenvalue weighted by atomic mass is 16.7. The fourth-order valence-electron chi connectivity index (χ4n) is 6.16. The average molecular weight is 967 g/mol. The summed E-state index contributed by atoms with van der Waals surface area (Å²) >= 11 is 0. The van der Waals surface area contributed by atoms with Crippen LogP contribution in [-0.4, -0.2) is 257 Å². The van der Waals surface area contributed by atoms with E-state index in [-0.39, 0.29) is 6.29 Å². The van der Waals surface area contributed by atoms with Gasteiger partial charge in [-0.25, -0.2) is 14.4 Å². The Labute approximate surface area is 370 Å². The summed E-state index contributed by atoms with van der Waals surface area (Å²) in [6.07, 6.45) is -32.8. The van der Waals surface area contributed by atoms with E-state index in [1.165, 1.54) is 13.8 Å². The van der Waals surface area contributed by atoms with Gasteiger partial charge in [0.15, 0.2) is 18.9 Å². The highest BCUT2D eigenvalue weighted by Gasteiger charge is 2.50. The zero-order valence-corrected chi connectivity index (χ0v) is 34.5. The average Bonchev–Trinajstić information content (AvgIpc) is 3.53. The number of aliphatic hydroxyl groups is 15. The molecule has 2 fully saturated rings. The van der Waals surface area contributed by atoms with Crippen molar-refractivity contribution in [2.45, 2.75) is 162 Å². The predicted molar refractivity (Wildman–Crippen MR) is 199 cm³/mol. The molecule has 378 valence electrons. The number of rotatable bonds is 14. The lowest BCUT2D eigenvalue weighted by atomic mass is 9.99. The van der Waals surface area contributed by atoms with Gasteiger partial charge in [0.25, 0.3) is 0 Å². The van der Waals surface area contributed by atoms with Gasteiger partial charge in [-0.3, -0.25) is 0 Å². The van der Waals surface area contributed by atoms with Crippen molar-refractivity contribution in [2.75, 3.05) is 0 Å². The van der Waals surface area contributed by atoms with Gasteiger partial charge in [-0.1, -0.05) is 0 Å². The molecule has 5 rings (SSSR count). The fraction of sp³-hybridized carbons (Fsp3) is 0.722. The zero-order chi connectivity index (χ0) is 50.2. The Kier molecular flexibility index (Phi) is 20.7. The van der Waals surface area contributed by atoms with Crippen molar-refractivity contribution >= 4 is 24.2 Å². The molecule has 23 atom stereocenters. The van der Waals surface area contributed by atoms with Gasteiger partial charge >= 0.3 is 17.9 Å². The van der Waals surface area contributed by atoms with Crippen LogP contribution in [0.2, 0.25) is 0 Å². The number of aldehydes is 1. The molecule has 0 radical (unpaired) electrons. The lowest BCUT2D eigenvalue weighted by Crippen LogP contribution is -2.60. The minimum atomic E-state index is -1.86. The van der Waals surface area contributed by atoms with Crippen LogP contribution in [0, 0.1) is 0 Å². The van der Waals surface area contributed by atoms with Crippen molar-refractivity contribution in [3.8, 4) is 0 Å². The molecule has 66 heavy (non-hydrogen) atoms. The Hall–Kier alpha value is -4.10. The number of hydrogen-bond donors (Lipinski definition) is 18. The summed E-state index contributed by atoms with van der Waals surface area (Å²) < 4.78 is 39.6. The molecule has 2 saturated heterocycles. The van der Waals surface area contributed by atoms with Gasteiger partial charge < -0.3 is 135 Å². The first-order chi connectivity index (χ1) is 30.6. The predicted octanol–water partition coefficient (Wildman–Crippen LogP) is -9.53. The number of aliphatic hydroxyl groups excluding tert-OH is 15. The SMILES string of the molecule is CC(O)C(O)C(O)C(C=O)OC1OC(C(=O)O)=CC(O)C1O.CC(O)C1OC(O)C(OC2OC(C(=O)O)=CC(O)C2O)C1O.CC1OC(O)C(OC2OC(C(=O)O)=CC(O)C2O)C(O)C1O. The van der Waals surface area contributed by atoms with E-state index in [1.54, 1.807) is 0 Å². The van der Waals surface area contributed by atoms with Gasteiger partial charge in [-0.05, 0) is 39.0 Å². The maximum absolute atomic E-state index is 10.9. The maximum atomic E-state index is 10.9. The van der Waals surface area contributed by atoms with E-state index in [0.29, 0.717) is 0 Å². The van der Waals surface area contributed by atoms with E-state index in [0.717, 1.165) is 25.2 Å². The molecule has 18 N–H and O–H groups in total. The summed E-state index contributed by atoms with van der Waals surface area (Å²) in [5.41, 5.74) is 0. The normalized spacial score (nSPS) is 39.9. The summed E-state index contributed by atoms with van der Waals surface area (Å²) in [6.45, 7) is 3.93. The molecule has 0 saturated carbocycles. The standard InChI is InChI=1S/3C12H18O10/c1-3(13)8-7(16)9(11(19)21-8)22-12-6(15)4(14)2-5(20-12)10(17)18;1-3-6(14)8(16)9(11(19)20-3)22-12-7(15)4(13)2-5(21-12)10(17)18;1-4(14)8(16)10(18)7(3-13)22-12-9(17)5(15)2-6(21-12)11(19)20/h2*2-4,6-9,11-16,19H,1H3,(H,17,18);2-5,7-10,12,14-18H,1H3,(H,19,20). The van der Waals surface area contributed by atoms with Crippen molar-refractivity contribution in [3.05, 3.63) is 35.5 Å². The molecule has 0 aliphatic carbocycles. The fourth-order valence-corrected chi connectivity index (χ4v) is 6.16. The lowest BCUT2D eigenvalue weighted by Gasteiger charge is -2.41. The van der Waals surface area contributed by atoms with Crippen LogP contribution in [0.5, 0.6) is 0 Å². The first kappa shape index (κ1) is 56.2. The number of hydrogen-bond acceptors (Lipinski definition) is 27. The number of carbonyl (C=O) groups excluding carboxylic acids is 1. The van der Waals surface area contributed by atoms with Gasteiger partial charge in [0.05, 0.1) is 18.3 Å². The Morgan fingerprint density at radius 2 is 0.939 bits per heavy atom. The second-order valence-electron chi connectivity index (χ2n) is 15.0. The number of carboxylic acids is 3. The van der Waals surface area contributed by atoms with Gasteiger partial charge in [0.1, 0.15) is 91.6 Å². The second-order valence-corrected chi connectivity index (χ2v) is 15.0. The van der Waals surface area contributed by atoms with Gasteiger partial charge in [0.2, 0.25) is 36.1 Å². The van der Waals surface area contributed by atoms with Crippen molar-refractivity contribution < 1.29 is 149 Å². The van der Waals surface area contributed by atoms with Crippen LogP contribution >= 0.6 is 0 Å². The minimum absolute atomic E-state index is 0.0808. The molecule has 5 heterocycles. The highest BCUT2D eigenvalue weighted by molar-refractivity contribution is 5.85. The van der Waals surface area contributed by atoms with Gasteiger partial charge in [0, 0.05) is 0 Å². The molecule has 5 aliphatic rings. The van der Waals surface area contributed by atoms with Gasteiger partial charge in [-0.15, -0.1) is 0 Å². The number of carboxylic acid groups (broad SMARTS) is 3. The van der Waals surface area contributed by atoms with Gasteiger partial charge in [-0.2, -0.15) is 0 Å². The van der Waals surface area contributed by atoms with E-state index in [1.807, 2.05) is 0 Å². The molecule has 23 unspecified atom stereocenters. The van der Waals surface area contributed by atoms with Crippen LogP contribution in [0.15, 0.2) is 35.5 Å². The molecule has 0 spiro atoms. The molecule has 0 bridgehead atoms. The minimum Gasteiger partial charge on any atom is -0.475 e. The van der Waals surface area contributed by atoms with Crippen LogP contribution in [0.4, 0.5) is 0 Å². The van der Waals surface area contributed by atoms with E-state index in [9.17, 15) is 90.7 Å². The van der Waals surface area contributed by atoms with Crippen molar-refractivity contribution in [3.63, 3.8) is 0 Å². The summed E-state index contributed by atoms with van der Waals surface area (Å²) in [6, 6.07) is 0. The van der Waals surface area contributed by atoms with E-state index < -0.39 is 177 Å². The monoisotopic (exact) mass is 966 g/mol. The molecule has 0 aromatic rings. The number of aliphatic carboxylic acids is 3. The van der Waals surface area contributed by atoms with Crippen LogP contribution in [-0.2, 0) is 57.1 Å². The van der Waals surface area contributed by atoms with E-state index in [2.05, 4.69) is 0 Å². The van der Waals surface area contributed by atoms with Crippen LogP contribution in [0.25, 0.3) is 0 Å². The van der Waals surface area contributed by atoms with E-state index in [4.69, 9.17) is 58.3 Å². The van der Waals surface area contributed by atoms with Crippen molar-refractivity contribution in [1.29, 1.82) is 0 Å². The van der Waals surface area contributed by atoms with Crippen LogP contribution in [0.1, 0.15) is 20.8 Å². The molecule has 30 heteroatoms. The summed E-state index contributed by atoms with van der Waals surface area (Å²) in [5, 5.41) is 171. The first-order valence-corrected chi connectivity index (χ1v) is 19.4. The quantitative estimate of drug-likeness (QED) is 0.0719. The summed E-state index contributed by atoms with van der Waals surface area (Å²) in [4.78, 5) is 43.5. The first-order valence-electron chi connectivity index (χ1n) is 19.4. The molecule has 0 aromatic carbocycles. The second kappa shape index (κ2) is 24.3. The molecule has 0 amide bonds. The van der Waals surface area contributed by atoms with Crippen LogP contribution < -0.4 is 0 Å². The third-order valence-electron chi connectivity index (χ3n) is 9.93. The Morgan fingerprint density at radius 1 is 0.561 bits per heavy atom. The van der Waals surface area contributed by atoms with E-state index >= 15 is 0 Å². The number of ether oxygens (including phenoxy) is 8. The van der Waals surface area contributed by atoms with Crippen molar-refractivity contribution in [2.24, 2.45) is 0 Å². The van der Waals surface area contributed by atoms with Crippen molar-refractivity contribution in [1.82, 2.24) is 0 Å². The molecular weight excluding hydrogens is 912 g/mol. The third-order valence-corrected chi connectivity index (χ3v) is 9.93. The molecule has 0 aromatic heterocycles. The summed E-state index contributed by atoms with van der Waals surface area (Å²) in [5.74, 6) is -6.51. The molecule has 5 aliphatic heterocycles. The molecule has 30 nitrogen and oxygen atoms in total.